The molecular weight excluding hydrogens is 389 g/mol. The lowest BCUT2D eigenvalue weighted by atomic mass is 9.96. The lowest BCUT2D eigenvalue weighted by Gasteiger charge is -2.33. The molecule has 1 aromatic carbocycles. The number of hydrogen-bond donors (Lipinski definition) is 1. The van der Waals surface area contributed by atoms with Gasteiger partial charge >= 0.3 is 6.03 Å². The molecule has 0 aromatic heterocycles. The Kier molecular flexibility index (Phi) is 5.03. The van der Waals surface area contributed by atoms with E-state index in [-0.39, 0.29) is 29.8 Å². The van der Waals surface area contributed by atoms with Gasteiger partial charge in [0.2, 0.25) is 5.91 Å². The number of amides is 4. The van der Waals surface area contributed by atoms with Gasteiger partial charge in [-0.15, -0.1) is 0 Å². The third-order valence-electron chi connectivity index (χ3n) is 5.78. The number of hydrogen-bond acceptors (Lipinski definition) is 3. The molecular formula is C19H21Cl2N3O3. The zero-order valence-electron chi connectivity index (χ0n) is 14.8. The first-order chi connectivity index (χ1) is 13.0. The summed E-state index contributed by atoms with van der Waals surface area (Å²) in [6, 6.07) is 3.74. The second kappa shape index (κ2) is 7.32. The minimum atomic E-state index is -0.547. The van der Waals surface area contributed by atoms with Crippen molar-refractivity contribution in [2.75, 3.05) is 11.4 Å². The maximum Gasteiger partial charge on any atom is 0.332 e. The molecule has 3 fully saturated rings. The minimum absolute atomic E-state index is 0.0788. The van der Waals surface area contributed by atoms with Gasteiger partial charge in [-0.1, -0.05) is 36.0 Å². The van der Waals surface area contributed by atoms with Crippen molar-refractivity contribution in [3.05, 3.63) is 28.2 Å². The summed E-state index contributed by atoms with van der Waals surface area (Å²) in [6.07, 6.45) is 5.19. The highest BCUT2D eigenvalue weighted by Crippen LogP contribution is 2.34. The molecule has 0 spiro atoms. The van der Waals surface area contributed by atoms with Crippen molar-refractivity contribution in [2.45, 2.75) is 50.6 Å². The number of carbonyl (C=O) groups is 3. The van der Waals surface area contributed by atoms with Gasteiger partial charge in [0.1, 0.15) is 6.04 Å². The van der Waals surface area contributed by atoms with Gasteiger partial charge in [-0.2, -0.15) is 0 Å². The Morgan fingerprint density at radius 1 is 1.07 bits per heavy atom. The molecule has 144 valence electrons. The first-order valence-corrected chi connectivity index (χ1v) is 10.1. The highest BCUT2D eigenvalue weighted by atomic mass is 35.5. The fourth-order valence-electron chi connectivity index (χ4n) is 4.30. The Morgan fingerprint density at radius 2 is 1.81 bits per heavy atom. The van der Waals surface area contributed by atoms with Crippen LogP contribution in [0, 0.1) is 5.92 Å². The van der Waals surface area contributed by atoms with Crippen LogP contribution in [0.5, 0.6) is 0 Å². The normalized spacial score (nSPS) is 25.9. The van der Waals surface area contributed by atoms with E-state index in [1.54, 1.807) is 17.0 Å². The minimum Gasteiger partial charge on any atom is -0.353 e. The molecule has 2 heterocycles. The summed E-state index contributed by atoms with van der Waals surface area (Å²) in [7, 11) is 0. The van der Waals surface area contributed by atoms with Crippen LogP contribution < -0.4 is 10.2 Å². The van der Waals surface area contributed by atoms with Gasteiger partial charge < -0.3 is 10.2 Å². The Balaban J connectivity index is 1.47. The number of fused-ring (bicyclic) bond motifs is 1. The SMILES string of the molecule is O=C(N[C@H]1CCN2C(=O)N(c3ccc(Cl)c(Cl)c3)C(=O)[C@@H]2C1)C1CCCC1. The lowest BCUT2D eigenvalue weighted by Crippen LogP contribution is -2.50. The number of carbonyl (C=O) groups excluding carboxylic acids is 3. The first kappa shape index (κ1) is 18.6. The fraction of sp³-hybridized carbons (Fsp3) is 0.526. The Bertz CT molecular complexity index is 794. The monoisotopic (exact) mass is 409 g/mol. The maximum absolute atomic E-state index is 12.9. The second-order valence-corrected chi connectivity index (χ2v) is 8.29. The van der Waals surface area contributed by atoms with Crippen LogP contribution in [-0.2, 0) is 9.59 Å². The number of rotatable bonds is 3. The van der Waals surface area contributed by atoms with Crippen molar-refractivity contribution in [1.29, 1.82) is 0 Å². The van der Waals surface area contributed by atoms with Crippen molar-refractivity contribution < 1.29 is 14.4 Å². The highest BCUT2D eigenvalue weighted by Gasteiger charge is 2.49. The summed E-state index contributed by atoms with van der Waals surface area (Å²) in [5, 5.41) is 3.75. The Labute approximate surface area is 167 Å². The largest absolute Gasteiger partial charge is 0.353 e. The summed E-state index contributed by atoms with van der Waals surface area (Å²) in [6.45, 7) is 0.447. The molecule has 6 nitrogen and oxygen atoms in total. The third kappa shape index (κ3) is 3.41. The maximum atomic E-state index is 12.9. The smallest absolute Gasteiger partial charge is 0.332 e. The number of piperidine rings is 1. The molecule has 2 saturated heterocycles. The topological polar surface area (TPSA) is 69.7 Å². The Hall–Kier alpha value is -1.79. The van der Waals surface area contributed by atoms with Crippen LogP contribution in [0.1, 0.15) is 38.5 Å². The molecule has 1 aliphatic carbocycles. The van der Waals surface area contributed by atoms with Crippen LogP contribution in [0.4, 0.5) is 10.5 Å². The van der Waals surface area contributed by atoms with E-state index in [9.17, 15) is 14.4 Å². The molecule has 1 saturated carbocycles. The van der Waals surface area contributed by atoms with E-state index in [1.165, 1.54) is 6.07 Å². The predicted octanol–water partition coefficient (Wildman–Crippen LogP) is 3.60. The first-order valence-electron chi connectivity index (χ1n) is 9.35. The molecule has 2 atom stereocenters. The van der Waals surface area contributed by atoms with Gasteiger partial charge in [0.25, 0.3) is 5.91 Å². The molecule has 2 aliphatic heterocycles. The summed E-state index contributed by atoms with van der Waals surface area (Å²) >= 11 is 12.0. The van der Waals surface area contributed by atoms with Crippen LogP contribution in [0.15, 0.2) is 18.2 Å². The molecule has 0 unspecified atom stereocenters. The quantitative estimate of drug-likeness (QED) is 0.775. The molecule has 27 heavy (non-hydrogen) atoms. The summed E-state index contributed by atoms with van der Waals surface area (Å²) in [4.78, 5) is 40.8. The van der Waals surface area contributed by atoms with E-state index < -0.39 is 6.04 Å². The van der Waals surface area contributed by atoms with Gasteiger partial charge in [-0.05, 0) is 43.9 Å². The van der Waals surface area contributed by atoms with Crippen LogP contribution in [0.3, 0.4) is 0 Å². The third-order valence-corrected chi connectivity index (χ3v) is 6.52. The summed E-state index contributed by atoms with van der Waals surface area (Å²) in [5.41, 5.74) is 0.417. The van der Waals surface area contributed by atoms with E-state index in [4.69, 9.17) is 23.2 Å². The Morgan fingerprint density at radius 3 is 2.52 bits per heavy atom. The fourth-order valence-corrected chi connectivity index (χ4v) is 4.59. The van der Waals surface area contributed by atoms with Crippen LogP contribution in [0.25, 0.3) is 0 Å². The molecule has 0 bridgehead atoms. The van der Waals surface area contributed by atoms with E-state index in [2.05, 4.69) is 5.32 Å². The van der Waals surface area contributed by atoms with Gasteiger partial charge in [-0.3, -0.25) is 9.59 Å². The average Bonchev–Trinajstić information content (AvgIpc) is 3.26. The predicted molar refractivity (Wildman–Crippen MR) is 103 cm³/mol. The molecule has 0 radical (unpaired) electrons. The van der Waals surface area contributed by atoms with Crippen LogP contribution in [-0.4, -0.2) is 41.4 Å². The number of urea groups is 1. The average molecular weight is 410 g/mol. The van der Waals surface area contributed by atoms with Crippen LogP contribution in [0.2, 0.25) is 10.0 Å². The van der Waals surface area contributed by atoms with Gasteiger partial charge in [0.15, 0.2) is 0 Å². The number of nitrogens with zero attached hydrogens (tertiary/aromatic N) is 2. The lowest BCUT2D eigenvalue weighted by molar-refractivity contribution is -0.127. The van der Waals surface area contributed by atoms with E-state index in [0.29, 0.717) is 35.1 Å². The van der Waals surface area contributed by atoms with Gasteiger partial charge in [0, 0.05) is 18.5 Å². The zero-order chi connectivity index (χ0) is 19.1. The van der Waals surface area contributed by atoms with E-state index in [1.807, 2.05) is 0 Å². The van der Waals surface area contributed by atoms with Crippen molar-refractivity contribution >= 4 is 46.7 Å². The molecule has 1 N–H and O–H groups in total. The molecule has 4 rings (SSSR count). The van der Waals surface area contributed by atoms with Gasteiger partial charge in [0.05, 0.1) is 15.7 Å². The molecule has 4 amide bonds. The van der Waals surface area contributed by atoms with Crippen molar-refractivity contribution in [1.82, 2.24) is 10.2 Å². The number of benzene rings is 1. The summed E-state index contributed by atoms with van der Waals surface area (Å²) in [5.74, 6) is -0.0982. The highest BCUT2D eigenvalue weighted by molar-refractivity contribution is 6.42. The number of nitrogens with one attached hydrogen (secondary N) is 1. The van der Waals surface area contributed by atoms with Crippen LogP contribution >= 0.6 is 23.2 Å². The second-order valence-electron chi connectivity index (χ2n) is 7.48. The van der Waals surface area contributed by atoms with Crippen molar-refractivity contribution in [3.8, 4) is 0 Å². The van der Waals surface area contributed by atoms with Crippen molar-refractivity contribution in [3.63, 3.8) is 0 Å². The molecule has 3 aliphatic rings. The number of imide groups is 1. The van der Waals surface area contributed by atoms with E-state index in [0.717, 1.165) is 30.6 Å². The standard InChI is InChI=1S/C19H21Cl2N3O3/c20-14-6-5-13(10-15(14)21)24-18(26)16-9-12(7-8-23(16)19(24)27)22-17(25)11-3-1-2-4-11/h5-6,10-12,16H,1-4,7-9H2,(H,22,25)/t12-,16-/m0/s1. The zero-order valence-corrected chi connectivity index (χ0v) is 16.3. The van der Waals surface area contributed by atoms with E-state index >= 15 is 0 Å². The number of halogens is 2. The van der Waals surface area contributed by atoms with Crippen molar-refractivity contribution in [2.24, 2.45) is 5.92 Å². The summed E-state index contributed by atoms with van der Waals surface area (Å²) < 4.78 is 0. The van der Waals surface area contributed by atoms with Gasteiger partial charge in [-0.25, -0.2) is 9.69 Å². The number of anilines is 1. The molecule has 8 heteroatoms. The molecule has 1 aromatic rings.